The SMILES string of the molecule is C=C1c2c([nH]c3c(c2=O)=CCCC=3)N=C(CC(C)C)N1c1ccc(C)cc1. The second kappa shape index (κ2) is 6.69. The Labute approximate surface area is 159 Å². The fourth-order valence-electron chi connectivity index (χ4n) is 3.74. The second-order valence-corrected chi connectivity index (χ2v) is 7.73. The maximum absolute atomic E-state index is 13.2. The predicted octanol–water partition coefficient (Wildman–Crippen LogP) is 3.61. The summed E-state index contributed by atoms with van der Waals surface area (Å²) in [6.07, 6.45) is 6.75. The number of pyridine rings is 1. The van der Waals surface area contributed by atoms with Gasteiger partial charge in [0.05, 0.1) is 11.3 Å². The van der Waals surface area contributed by atoms with Crippen molar-refractivity contribution >= 4 is 35.2 Å². The van der Waals surface area contributed by atoms with Crippen LogP contribution in [-0.4, -0.2) is 10.8 Å². The van der Waals surface area contributed by atoms with Gasteiger partial charge >= 0.3 is 0 Å². The number of nitrogens with one attached hydrogen (secondary N) is 1. The van der Waals surface area contributed by atoms with E-state index in [-0.39, 0.29) is 5.43 Å². The molecule has 4 rings (SSSR count). The molecule has 0 radical (unpaired) electrons. The van der Waals surface area contributed by atoms with Crippen LogP contribution in [0.4, 0.5) is 11.5 Å². The van der Waals surface area contributed by atoms with Crippen molar-refractivity contribution in [2.24, 2.45) is 10.9 Å². The Morgan fingerprint density at radius 1 is 1.19 bits per heavy atom. The molecule has 4 nitrogen and oxygen atoms in total. The molecule has 1 aliphatic heterocycles. The van der Waals surface area contributed by atoms with Gasteiger partial charge in [-0.1, -0.05) is 50.3 Å². The molecule has 0 fully saturated rings. The molecular formula is C23H25N3O. The number of fused-ring (bicyclic) bond motifs is 2. The number of H-pyrrole nitrogens is 1. The van der Waals surface area contributed by atoms with Crippen molar-refractivity contribution in [3.8, 4) is 0 Å². The molecule has 2 aliphatic rings. The normalized spacial score (nSPS) is 15.6. The zero-order valence-corrected chi connectivity index (χ0v) is 16.2. The van der Waals surface area contributed by atoms with Crippen LogP contribution in [0.3, 0.4) is 0 Å². The Hall–Kier alpha value is -2.88. The quantitative estimate of drug-likeness (QED) is 0.910. The van der Waals surface area contributed by atoms with Gasteiger partial charge in [0.15, 0.2) is 0 Å². The number of aryl methyl sites for hydroxylation is 1. The predicted molar refractivity (Wildman–Crippen MR) is 114 cm³/mol. The van der Waals surface area contributed by atoms with E-state index in [9.17, 15) is 4.79 Å². The molecule has 138 valence electrons. The average molecular weight is 359 g/mol. The van der Waals surface area contributed by atoms with Gasteiger partial charge in [-0.25, -0.2) is 4.99 Å². The van der Waals surface area contributed by atoms with Gasteiger partial charge in [-0.15, -0.1) is 0 Å². The molecule has 2 aromatic rings. The third-order valence-electron chi connectivity index (χ3n) is 5.06. The summed E-state index contributed by atoms with van der Waals surface area (Å²) < 4.78 is 0. The van der Waals surface area contributed by atoms with Gasteiger partial charge in [0.2, 0.25) is 5.43 Å². The Kier molecular flexibility index (Phi) is 4.34. The summed E-state index contributed by atoms with van der Waals surface area (Å²) in [5.41, 5.74) is 3.48. The van der Waals surface area contributed by atoms with Crippen LogP contribution >= 0.6 is 0 Å². The summed E-state index contributed by atoms with van der Waals surface area (Å²) >= 11 is 0. The molecule has 0 spiro atoms. The molecule has 0 amide bonds. The molecule has 0 saturated heterocycles. The maximum Gasteiger partial charge on any atom is 0.200 e. The van der Waals surface area contributed by atoms with Crippen LogP contribution in [-0.2, 0) is 0 Å². The summed E-state index contributed by atoms with van der Waals surface area (Å²) in [7, 11) is 0. The van der Waals surface area contributed by atoms with E-state index in [2.05, 4.69) is 62.7 Å². The molecule has 0 saturated carbocycles. The van der Waals surface area contributed by atoms with Crippen molar-refractivity contribution in [1.29, 1.82) is 0 Å². The van der Waals surface area contributed by atoms with E-state index in [1.165, 1.54) is 5.56 Å². The molecule has 0 atom stereocenters. The Morgan fingerprint density at radius 2 is 1.89 bits per heavy atom. The number of aliphatic imine (C=N–C) groups is 1. The van der Waals surface area contributed by atoms with Crippen molar-refractivity contribution in [2.75, 3.05) is 4.90 Å². The average Bonchev–Trinajstić information content (AvgIpc) is 2.62. The van der Waals surface area contributed by atoms with E-state index < -0.39 is 0 Å². The van der Waals surface area contributed by atoms with E-state index in [0.29, 0.717) is 23.0 Å². The van der Waals surface area contributed by atoms with Gasteiger partial charge in [-0.05, 0) is 37.8 Å². The minimum absolute atomic E-state index is 0.0177. The number of hydrogen-bond donors (Lipinski definition) is 1. The third kappa shape index (κ3) is 3.05. The van der Waals surface area contributed by atoms with Gasteiger partial charge in [0.1, 0.15) is 11.7 Å². The first kappa shape index (κ1) is 17.5. The molecule has 1 aromatic carbocycles. The maximum atomic E-state index is 13.2. The highest BCUT2D eigenvalue weighted by Gasteiger charge is 2.28. The Bertz CT molecular complexity index is 1120. The van der Waals surface area contributed by atoms with Crippen molar-refractivity contribution in [3.63, 3.8) is 0 Å². The number of aromatic amines is 1. The fraction of sp³-hybridized carbons (Fsp3) is 0.304. The molecule has 1 aliphatic carbocycles. The zero-order valence-electron chi connectivity index (χ0n) is 16.2. The molecule has 2 heterocycles. The van der Waals surface area contributed by atoms with Crippen LogP contribution in [0.1, 0.15) is 44.2 Å². The van der Waals surface area contributed by atoms with E-state index >= 15 is 0 Å². The van der Waals surface area contributed by atoms with Gasteiger partial charge in [-0.3, -0.25) is 9.69 Å². The first-order valence-electron chi connectivity index (χ1n) is 9.56. The monoisotopic (exact) mass is 359 g/mol. The summed E-state index contributed by atoms with van der Waals surface area (Å²) in [6, 6.07) is 8.28. The van der Waals surface area contributed by atoms with Crippen LogP contribution in [0.15, 0.2) is 40.6 Å². The van der Waals surface area contributed by atoms with Gasteiger partial charge in [0.25, 0.3) is 0 Å². The number of aromatic nitrogens is 1. The van der Waals surface area contributed by atoms with Crippen molar-refractivity contribution in [3.05, 3.63) is 62.8 Å². The Balaban J connectivity index is 1.96. The molecular weight excluding hydrogens is 334 g/mol. The largest absolute Gasteiger partial charge is 0.339 e. The van der Waals surface area contributed by atoms with E-state index in [1.54, 1.807) is 0 Å². The molecule has 1 aromatic heterocycles. The number of nitrogens with zero attached hydrogens (tertiary/aromatic N) is 2. The lowest BCUT2D eigenvalue weighted by Crippen LogP contribution is -2.46. The lowest BCUT2D eigenvalue weighted by atomic mass is 10.0. The van der Waals surface area contributed by atoms with Crippen LogP contribution in [0.5, 0.6) is 0 Å². The number of rotatable bonds is 3. The fourth-order valence-corrected chi connectivity index (χ4v) is 3.74. The van der Waals surface area contributed by atoms with E-state index in [4.69, 9.17) is 4.99 Å². The Morgan fingerprint density at radius 3 is 2.59 bits per heavy atom. The summed E-state index contributed by atoms with van der Waals surface area (Å²) in [4.78, 5) is 23.5. The first-order valence-corrected chi connectivity index (χ1v) is 9.56. The highest BCUT2D eigenvalue weighted by Crippen LogP contribution is 2.34. The highest BCUT2D eigenvalue weighted by atomic mass is 16.1. The van der Waals surface area contributed by atoms with Gasteiger partial charge in [0, 0.05) is 22.7 Å². The highest BCUT2D eigenvalue weighted by molar-refractivity contribution is 6.12. The lowest BCUT2D eigenvalue weighted by Gasteiger charge is -2.33. The van der Waals surface area contributed by atoms with Crippen LogP contribution in [0.25, 0.3) is 17.8 Å². The van der Waals surface area contributed by atoms with Crippen molar-refractivity contribution < 1.29 is 0 Å². The number of benzene rings is 1. The van der Waals surface area contributed by atoms with Crippen molar-refractivity contribution in [1.82, 2.24) is 4.98 Å². The van der Waals surface area contributed by atoms with Crippen molar-refractivity contribution in [2.45, 2.75) is 40.0 Å². The van der Waals surface area contributed by atoms with E-state index in [1.807, 2.05) is 11.0 Å². The molecule has 0 unspecified atom stereocenters. The molecule has 27 heavy (non-hydrogen) atoms. The summed E-state index contributed by atoms with van der Waals surface area (Å²) in [5, 5.41) is 1.63. The topological polar surface area (TPSA) is 48.5 Å². The first-order chi connectivity index (χ1) is 13.0. The minimum Gasteiger partial charge on any atom is -0.339 e. The third-order valence-corrected chi connectivity index (χ3v) is 5.06. The van der Waals surface area contributed by atoms with Crippen LogP contribution in [0, 0.1) is 12.8 Å². The minimum atomic E-state index is 0.0177. The standard InChI is InChI=1S/C23H25N3O/c1-14(2)13-20-25-23-21(22(27)18-7-5-6-8-19(18)24-23)16(4)26(20)17-11-9-15(3)10-12-17/h7-12,14,24H,4-6,13H2,1-3H3. The molecule has 1 N–H and O–H groups in total. The summed E-state index contributed by atoms with van der Waals surface area (Å²) in [5.74, 6) is 1.99. The molecule has 0 bridgehead atoms. The van der Waals surface area contributed by atoms with E-state index in [0.717, 1.165) is 41.4 Å². The van der Waals surface area contributed by atoms with Gasteiger partial charge in [-0.2, -0.15) is 0 Å². The summed E-state index contributed by atoms with van der Waals surface area (Å²) in [6.45, 7) is 10.7. The van der Waals surface area contributed by atoms with Gasteiger partial charge < -0.3 is 4.98 Å². The smallest absolute Gasteiger partial charge is 0.200 e. The van der Waals surface area contributed by atoms with Crippen LogP contribution in [0.2, 0.25) is 0 Å². The lowest BCUT2D eigenvalue weighted by molar-refractivity contribution is 0.679. The molecule has 4 heteroatoms. The second-order valence-electron chi connectivity index (χ2n) is 7.73. The number of amidine groups is 1. The van der Waals surface area contributed by atoms with Crippen LogP contribution < -0.4 is 20.9 Å². The number of anilines is 1. The number of hydrogen-bond acceptors (Lipinski definition) is 3. The zero-order chi connectivity index (χ0) is 19.1.